The van der Waals surface area contributed by atoms with E-state index in [9.17, 15) is 4.79 Å². The Bertz CT molecular complexity index is 362. The van der Waals surface area contributed by atoms with E-state index in [4.69, 9.17) is 5.11 Å². The summed E-state index contributed by atoms with van der Waals surface area (Å²) in [5.41, 5.74) is -0.837. The van der Waals surface area contributed by atoms with E-state index in [0.29, 0.717) is 6.54 Å². The topological polar surface area (TPSA) is 40.5 Å². The number of carboxylic acid groups (broad SMARTS) is 1. The lowest BCUT2D eigenvalue weighted by atomic mass is 10.0. The maximum Gasteiger partial charge on any atom is 0.323 e. The van der Waals surface area contributed by atoms with Gasteiger partial charge in [0.2, 0.25) is 0 Å². The highest BCUT2D eigenvalue weighted by molar-refractivity contribution is 9.10. The second-order valence-electron chi connectivity index (χ2n) is 3.95. The second-order valence-corrected chi connectivity index (χ2v) is 5.86. The summed E-state index contributed by atoms with van der Waals surface area (Å²) in [4.78, 5) is 14.0. The van der Waals surface area contributed by atoms with Crippen molar-refractivity contribution in [2.24, 2.45) is 0 Å². The number of hydrogen-bond acceptors (Lipinski definition) is 3. The molecule has 0 unspecified atom stereocenters. The van der Waals surface area contributed by atoms with E-state index in [1.54, 1.807) is 25.2 Å². The SMILES string of the molecule is CN(Cc1cc(Br)cs1)C(C)(C)C(=O)O. The molecule has 3 nitrogen and oxygen atoms in total. The van der Waals surface area contributed by atoms with Gasteiger partial charge in [-0.2, -0.15) is 0 Å². The van der Waals surface area contributed by atoms with E-state index in [0.717, 1.165) is 9.35 Å². The summed E-state index contributed by atoms with van der Waals surface area (Å²) in [6.45, 7) is 4.06. The number of thiophene rings is 1. The average Bonchev–Trinajstić information content (AvgIpc) is 2.50. The van der Waals surface area contributed by atoms with Crippen molar-refractivity contribution >= 4 is 33.2 Å². The van der Waals surface area contributed by atoms with Crippen molar-refractivity contribution < 1.29 is 9.90 Å². The number of aliphatic carboxylic acids is 1. The second kappa shape index (κ2) is 4.63. The third-order valence-corrected chi connectivity index (χ3v) is 4.17. The van der Waals surface area contributed by atoms with Crippen molar-refractivity contribution in [1.82, 2.24) is 4.90 Å². The van der Waals surface area contributed by atoms with Gasteiger partial charge >= 0.3 is 5.97 Å². The monoisotopic (exact) mass is 291 g/mol. The van der Waals surface area contributed by atoms with Gasteiger partial charge in [0, 0.05) is 21.3 Å². The predicted octanol–water partition coefficient (Wildman–Crippen LogP) is 2.81. The fraction of sp³-hybridized carbons (Fsp3) is 0.500. The Kier molecular flexibility index (Phi) is 3.92. The lowest BCUT2D eigenvalue weighted by Gasteiger charge is -2.30. The molecule has 0 aliphatic heterocycles. The molecule has 1 aromatic heterocycles. The third-order valence-electron chi connectivity index (χ3n) is 2.49. The van der Waals surface area contributed by atoms with Gasteiger partial charge in [-0.05, 0) is 42.9 Å². The molecule has 1 N–H and O–H groups in total. The molecule has 1 rings (SSSR count). The fourth-order valence-electron chi connectivity index (χ4n) is 1.03. The first kappa shape index (κ1) is 12.7. The quantitative estimate of drug-likeness (QED) is 0.927. The maximum absolute atomic E-state index is 11.0. The van der Waals surface area contributed by atoms with Crippen LogP contribution < -0.4 is 0 Å². The highest BCUT2D eigenvalue weighted by Gasteiger charge is 2.31. The molecule has 0 aromatic carbocycles. The minimum absolute atomic E-state index is 0.648. The first-order valence-corrected chi connectivity index (χ1v) is 6.19. The molecule has 0 aliphatic rings. The summed E-state index contributed by atoms with van der Waals surface area (Å²) in [5, 5.41) is 11.0. The molecule has 0 saturated heterocycles. The molecule has 0 spiro atoms. The van der Waals surface area contributed by atoms with Gasteiger partial charge < -0.3 is 5.11 Å². The first-order chi connectivity index (χ1) is 6.84. The normalized spacial score (nSPS) is 12.1. The molecule has 0 saturated carbocycles. The minimum Gasteiger partial charge on any atom is -0.480 e. The largest absolute Gasteiger partial charge is 0.480 e. The number of rotatable bonds is 4. The predicted molar refractivity (Wildman–Crippen MR) is 65.2 cm³/mol. The van der Waals surface area contributed by atoms with Gasteiger partial charge in [0.25, 0.3) is 0 Å². The van der Waals surface area contributed by atoms with E-state index in [1.807, 2.05) is 23.4 Å². The Balaban J connectivity index is 2.71. The van der Waals surface area contributed by atoms with Crippen molar-refractivity contribution in [3.63, 3.8) is 0 Å². The van der Waals surface area contributed by atoms with E-state index >= 15 is 0 Å². The molecule has 0 aliphatic carbocycles. The Hall–Kier alpha value is -0.390. The Labute approximate surface area is 102 Å². The van der Waals surface area contributed by atoms with Crippen molar-refractivity contribution in [2.45, 2.75) is 25.9 Å². The molecule has 84 valence electrons. The summed E-state index contributed by atoms with van der Waals surface area (Å²) in [6, 6.07) is 2.01. The van der Waals surface area contributed by atoms with Gasteiger partial charge in [-0.1, -0.05) is 0 Å². The standard InChI is InChI=1S/C10H14BrNO2S/c1-10(2,9(13)14)12(3)5-8-4-7(11)6-15-8/h4,6H,5H2,1-3H3,(H,13,14). The molecule has 1 heterocycles. The van der Waals surface area contributed by atoms with Crippen LogP contribution in [0.3, 0.4) is 0 Å². The van der Waals surface area contributed by atoms with Crippen molar-refractivity contribution in [3.05, 3.63) is 20.8 Å². The summed E-state index contributed by atoms with van der Waals surface area (Å²) >= 11 is 5.00. The van der Waals surface area contributed by atoms with Crippen LogP contribution in [-0.2, 0) is 11.3 Å². The fourth-order valence-corrected chi connectivity index (χ4v) is 2.53. The Morgan fingerprint density at radius 1 is 1.67 bits per heavy atom. The molecule has 0 bridgehead atoms. The highest BCUT2D eigenvalue weighted by Crippen LogP contribution is 2.23. The molecule has 0 atom stereocenters. The van der Waals surface area contributed by atoms with Crippen LogP contribution in [0.1, 0.15) is 18.7 Å². The summed E-state index contributed by atoms with van der Waals surface area (Å²) in [7, 11) is 1.82. The minimum atomic E-state index is -0.837. The summed E-state index contributed by atoms with van der Waals surface area (Å²) in [5.74, 6) is -0.805. The number of likely N-dealkylation sites (N-methyl/N-ethyl adjacent to an activating group) is 1. The van der Waals surface area contributed by atoms with Crippen molar-refractivity contribution in [2.75, 3.05) is 7.05 Å². The van der Waals surface area contributed by atoms with Crippen LogP contribution in [0, 0.1) is 0 Å². The average molecular weight is 292 g/mol. The number of hydrogen-bond donors (Lipinski definition) is 1. The zero-order chi connectivity index (χ0) is 11.6. The van der Waals surface area contributed by atoms with Crippen LogP contribution in [-0.4, -0.2) is 28.6 Å². The van der Waals surface area contributed by atoms with E-state index < -0.39 is 11.5 Å². The number of nitrogens with zero attached hydrogens (tertiary/aromatic N) is 1. The number of carboxylic acids is 1. The van der Waals surface area contributed by atoms with Gasteiger partial charge in [-0.15, -0.1) is 11.3 Å². The van der Waals surface area contributed by atoms with Gasteiger partial charge in [0.15, 0.2) is 0 Å². The molecule has 1 aromatic rings. The van der Waals surface area contributed by atoms with E-state index in [-0.39, 0.29) is 0 Å². The zero-order valence-corrected chi connectivity index (χ0v) is 11.4. The lowest BCUT2D eigenvalue weighted by molar-refractivity contribution is -0.148. The molecular formula is C10H14BrNO2S. The van der Waals surface area contributed by atoms with Gasteiger partial charge in [-0.3, -0.25) is 9.69 Å². The molecular weight excluding hydrogens is 278 g/mol. The van der Waals surface area contributed by atoms with E-state index in [1.165, 1.54) is 0 Å². The Morgan fingerprint density at radius 3 is 2.67 bits per heavy atom. The van der Waals surface area contributed by atoms with Crippen molar-refractivity contribution in [3.8, 4) is 0 Å². The van der Waals surface area contributed by atoms with Crippen LogP contribution >= 0.6 is 27.3 Å². The smallest absolute Gasteiger partial charge is 0.323 e. The van der Waals surface area contributed by atoms with Crippen LogP contribution in [0.25, 0.3) is 0 Å². The summed E-state index contributed by atoms with van der Waals surface area (Å²) < 4.78 is 1.05. The highest BCUT2D eigenvalue weighted by atomic mass is 79.9. The van der Waals surface area contributed by atoms with Crippen LogP contribution in [0.5, 0.6) is 0 Å². The zero-order valence-electron chi connectivity index (χ0n) is 8.95. The van der Waals surface area contributed by atoms with Gasteiger partial charge in [0.05, 0.1) is 0 Å². The Morgan fingerprint density at radius 2 is 2.27 bits per heavy atom. The van der Waals surface area contributed by atoms with Gasteiger partial charge in [0.1, 0.15) is 5.54 Å². The molecule has 0 amide bonds. The third kappa shape index (κ3) is 3.03. The molecule has 0 radical (unpaired) electrons. The molecule has 15 heavy (non-hydrogen) atoms. The van der Waals surface area contributed by atoms with Crippen LogP contribution in [0.2, 0.25) is 0 Å². The maximum atomic E-state index is 11.0. The van der Waals surface area contributed by atoms with E-state index in [2.05, 4.69) is 15.9 Å². The summed E-state index contributed by atoms with van der Waals surface area (Å²) in [6.07, 6.45) is 0. The number of halogens is 1. The van der Waals surface area contributed by atoms with Crippen molar-refractivity contribution in [1.29, 1.82) is 0 Å². The van der Waals surface area contributed by atoms with Crippen LogP contribution in [0.15, 0.2) is 15.9 Å². The van der Waals surface area contributed by atoms with Gasteiger partial charge in [-0.25, -0.2) is 0 Å². The first-order valence-electron chi connectivity index (χ1n) is 4.51. The molecule has 0 fully saturated rings. The molecule has 5 heteroatoms. The lowest BCUT2D eigenvalue weighted by Crippen LogP contribution is -2.47. The van der Waals surface area contributed by atoms with Crippen LogP contribution in [0.4, 0.5) is 0 Å². The number of carbonyl (C=O) groups is 1.